The maximum atomic E-state index is 12.4. The zero-order valence-corrected chi connectivity index (χ0v) is 14.4. The maximum absolute atomic E-state index is 12.4. The lowest BCUT2D eigenvalue weighted by atomic mass is 10.1. The molecule has 0 spiro atoms. The van der Waals surface area contributed by atoms with E-state index >= 15 is 0 Å². The molecule has 0 fully saturated rings. The van der Waals surface area contributed by atoms with E-state index in [-0.39, 0.29) is 11.7 Å². The number of nitrogens with zero attached hydrogens (tertiary/aromatic N) is 4. The van der Waals surface area contributed by atoms with Crippen molar-refractivity contribution in [3.05, 3.63) is 45.3 Å². The zero-order chi connectivity index (χ0) is 17.3. The molecule has 0 bridgehead atoms. The van der Waals surface area contributed by atoms with E-state index in [1.807, 2.05) is 20.8 Å². The van der Waals surface area contributed by atoms with Crippen molar-refractivity contribution >= 4 is 22.2 Å². The lowest BCUT2D eigenvalue weighted by molar-refractivity contribution is 0.0933. The van der Waals surface area contributed by atoms with Crippen molar-refractivity contribution in [1.82, 2.24) is 29.9 Å². The summed E-state index contributed by atoms with van der Waals surface area (Å²) in [5.74, 6) is -0.0354. The molecule has 0 aromatic carbocycles. The third-order valence-electron chi connectivity index (χ3n) is 3.46. The second kappa shape index (κ2) is 6.52. The quantitative estimate of drug-likeness (QED) is 0.729. The standard InChI is InChI=1S/C15H18N6O2S/c1-8(2)4-10-5-11(19-14(23)18-10)13(22)17-9(3)12-6-21-15(20-12)24-7-16-21/h5-9H,4H2,1-3H3,(H,17,22)(H,18,19,23)/t9-/m0/s1. The third-order valence-corrected chi connectivity index (χ3v) is 4.15. The van der Waals surface area contributed by atoms with Gasteiger partial charge in [-0.15, -0.1) is 0 Å². The molecule has 0 aliphatic carbocycles. The molecule has 9 heteroatoms. The van der Waals surface area contributed by atoms with Gasteiger partial charge in [0.05, 0.1) is 17.9 Å². The first-order chi connectivity index (χ1) is 11.4. The molecule has 1 amide bonds. The Morgan fingerprint density at radius 2 is 2.17 bits per heavy atom. The van der Waals surface area contributed by atoms with Gasteiger partial charge in [0.2, 0.25) is 4.96 Å². The van der Waals surface area contributed by atoms with Crippen molar-refractivity contribution < 1.29 is 4.79 Å². The van der Waals surface area contributed by atoms with Gasteiger partial charge in [0.25, 0.3) is 5.91 Å². The van der Waals surface area contributed by atoms with E-state index in [9.17, 15) is 9.59 Å². The number of imidazole rings is 1. The number of hydrogen-bond acceptors (Lipinski definition) is 6. The van der Waals surface area contributed by atoms with Gasteiger partial charge in [-0.05, 0) is 25.3 Å². The number of amides is 1. The van der Waals surface area contributed by atoms with Crippen LogP contribution in [0.1, 0.15) is 48.7 Å². The predicted octanol–water partition coefficient (Wildman–Crippen LogP) is 1.56. The van der Waals surface area contributed by atoms with Crippen LogP contribution >= 0.6 is 11.3 Å². The normalized spacial score (nSPS) is 12.7. The number of rotatable bonds is 5. The number of aromatic amines is 1. The average molecular weight is 346 g/mol. The summed E-state index contributed by atoms with van der Waals surface area (Å²) in [6, 6.07) is 1.30. The van der Waals surface area contributed by atoms with Crippen LogP contribution in [0.25, 0.3) is 4.96 Å². The average Bonchev–Trinajstić information content (AvgIpc) is 3.06. The Labute approximate surface area is 142 Å². The molecular formula is C15H18N6O2S. The highest BCUT2D eigenvalue weighted by molar-refractivity contribution is 7.14. The van der Waals surface area contributed by atoms with Crippen LogP contribution in [0, 0.1) is 5.92 Å². The molecule has 3 aromatic heterocycles. The fraction of sp³-hybridized carbons (Fsp3) is 0.400. The van der Waals surface area contributed by atoms with Gasteiger partial charge in [-0.25, -0.2) is 14.3 Å². The second-order valence-corrected chi connectivity index (χ2v) is 6.83. The van der Waals surface area contributed by atoms with E-state index in [0.717, 1.165) is 4.96 Å². The molecule has 2 N–H and O–H groups in total. The molecule has 0 unspecified atom stereocenters. The fourth-order valence-electron chi connectivity index (χ4n) is 2.38. The summed E-state index contributed by atoms with van der Waals surface area (Å²) in [6.45, 7) is 5.91. The van der Waals surface area contributed by atoms with Gasteiger partial charge in [-0.1, -0.05) is 25.2 Å². The predicted molar refractivity (Wildman–Crippen MR) is 90.1 cm³/mol. The molecule has 3 aromatic rings. The molecule has 126 valence electrons. The van der Waals surface area contributed by atoms with Gasteiger partial charge in [-0.2, -0.15) is 10.1 Å². The topological polar surface area (TPSA) is 105 Å². The molecule has 0 aliphatic heterocycles. The summed E-state index contributed by atoms with van der Waals surface area (Å²) in [5.41, 5.74) is 2.70. The molecule has 8 nitrogen and oxygen atoms in total. The number of carbonyl (C=O) groups excluding carboxylic acids is 1. The molecular weight excluding hydrogens is 328 g/mol. The van der Waals surface area contributed by atoms with Gasteiger partial charge < -0.3 is 10.3 Å². The highest BCUT2D eigenvalue weighted by Crippen LogP contribution is 2.15. The van der Waals surface area contributed by atoms with Crippen LogP contribution in [0.4, 0.5) is 0 Å². The maximum Gasteiger partial charge on any atom is 0.345 e. The minimum atomic E-state index is -0.516. The monoisotopic (exact) mass is 346 g/mol. The first-order valence-electron chi connectivity index (χ1n) is 7.62. The molecule has 3 rings (SSSR count). The van der Waals surface area contributed by atoms with Crippen LogP contribution in [0.5, 0.6) is 0 Å². The van der Waals surface area contributed by atoms with Crippen molar-refractivity contribution in [3.8, 4) is 0 Å². The third kappa shape index (κ3) is 3.51. The summed E-state index contributed by atoms with van der Waals surface area (Å²) >= 11 is 1.42. The Kier molecular flexibility index (Phi) is 4.43. The smallest absolute Gasteiger partial charge is 0.343 e. The number of hydrogen-bond donors (Lipinski definition) is 2. The number of carbonyl (C=O) groups is 1. The second-order valence-electron chi connectivity index (χ2n) is 6.02. The zero-order valence-electron chi connectivity index (χ0n) is 13.6. The van der Waals surface area contributed by atoms with Crippen LogP contribution < -0.4 is 11.0 Å². The lowest BCUT2D eigenvalue weighted by Gasteiger charge is -2.11. The largest absolute Gasteiger partial charge is 0.345 e. The first kappa shape index (κ1) is 16.3. The molecule has 0 saturated carbocycles. The molecule has 3 heterocycles. The van der Waals surface area contributed by atoms with E-state index in [2.05, 4.69) is 25.4 Å². The van der Waals surface area contributed by atoms with Crippen LogP contribution in [-0.4, -0.2) is 30.5 Å². The molecule has 24 heavy (non-hydrogen) atoms. The number of H-pyrrole nitrogens is 1. The lowest BCUT2D eigenvalue weighted by Crippen LogP contribution is -2.30. The number of fused-ring (bicyclic) bond motifs is 1. The SMILES string of the molecule is CC(C)Cc1cc(C(=O)N[C@@H](C)c2cn3ncsc3n2)nc(=O)[nH]1. The van der Waals surface area contributed by atoms with Crippen molar-refractivity contribution in [3.63, 3.8) is 0 Å². The van der Waals surface area contributed by atoms with Gasteiger partial charge >= 0.3 is 5.69 Å². The van der Waals surface area contributed by atoms with Gasteiger partial charge in [0.1, 0.15) is 11.2 Å². The number of aromatic nitrogens is 5. The Hall–Kier alpha value is -2.55. The summed E-state index contributed by atoms with van der Waals surface area (Å²) in [4.78, 5) is 35.7. The minimum Gasteiger partial charge on any atom is -0.343 e. The highest BCUT2D eigenvalue weighted by atomic mass is 32.1. The van der Waals surface area contributed by atoms with Crippen LogP contribution in [0.15, 0.2) is 22.6 Å². The molecule has 1 atom stereocenters. The summed E-state index contributed by atoms with van der Waals surface area (Å²) < 4.78 is 1.66. The van der Waals surface area contributed by atoms with Crippen LogP contribution in [0.2, 0.25) is 0 Å². The Morgan fingerprint density at radius 3 is 2.88 bits per heavy atom. The van der Waals surface area contributed by atoms with E-state index < -0.39 is 11.6 Å². The highest BCUT2D eigenvalue weighted by Gasteiger charge is 2.17. The fourth-order valence-corrected chi connectivity index (χ4v) is 2.99. The molecule has 0 aliphatic rings. The van der Waals surface area contributed by atoms with E-state index in [0.29, 0.717) is 23.7 Å². The van der Waals surface area contributed by atoms with Crippen LogP contribution in [0.3, 0.4) is 0 Å². The molecule has 0 radical (unpaired) electrons. The van der Waals surface area contributed by atoms with Gasteiger partial charge in [0, 0.05) is 5.69 Å². The summed E-state index contributed by atoms with van der Waals surface area (Å²) in [6.07, 6.45) is 2.45. The minimum absolute atomic E-state index is 0.111. The van der Waals surface area contributed by atoms with E-state index in [4.69, 9.17) is 0 Å². The van der Waals surface area contributed by atoms with E-state index in [1.165, 1.54) is 11.3 Å². The van der Waals surface area contributed by atoms with Crippen molar-refractivity contribution in [2.24, 2.45) is 5.92 Å². The van der Waals surface area contributed by atoms with Crippen molar-refractivity contribution in [2.45, 2.75) is 33.2 Å². The van der Waals surface area contributed by atoms with E-state index in [1.54, 1.807) is 22.3 Å². The first-order valence-corrected chi connectivity index (χ1v) is 8.50. The number of nitrogens with one attached hydrogen (secondary N) is 2. The summed E-state index contributed by atoms with van der Waals surface area (Å²) in [7, 11) is 0. The molecule has 0 saturated heterocycles. The Balaban J connectivity index is 1.77. The van der Waals surface area contributed by atoms with Crippen LogP contribution in [-0.2, 0) is 6.42 Å². The van der Waals surface area contributed by atoms with Crippen molar-refractivity contribution in [2.75, 3.05) is 0 Å². The van der Waals surface area contributed by atoms with Crippen molar-refractivity contribution in [1.29, 1.82) is 0 Å². The Morgan fingerprint density at radius 1 is 1.38 bits per heavy atom. The van der Waals surface area contributed by atoms with Gasteiger partial charge in [0.15, 0.2) is 0 Å². The Bertz CT molecular complexity index is 897. The van der Waals surface area contributed by atoms with Gasteiger partial charge in [-0.3, -0.25) is 4.79 Å². The summed E-state index contributed by atoms with van der Waals surface area (Å²) in [5, 5.41) is 6.93.